The first kappa shape index (κ1) is 18.2. The summed E-state index contributed by atoms with van der Waals surface area (Å²) in [5.74, 6) is 0.423. The lowest BCUT2D eigenvalue weighted by atomic mass is 9.77. The van der Waals surface area contributed by atoms with Crippen molar-refractivity contribution < 1.29 is 19.1 Å². The van der Waals surface area contributed by atoms with Gasteiger partial charge in [-0.25, -0.2) is 4.98 Å². The highest BCUT2D eigenvalue weighted by atomic mass is 32.1. The minimum Gasteiger partial charge on any atom is -0.472 e. The Balaban J connectivity index is 1.35. The second-order valence-corrected chi connectivity index (χ2v) is 8.55. The summed E-state index contributed by atoms with van der Waals surface area (Å²) in [4.78, 5) is 31.1. The van der Waals surface area contributed by atoms with Crippen molar-refractivity contribution in [2.75, 3.05) is 13.1 Å². The normalized spacial score (nSPS) is 27.4. The van der Waals surface area contributed by atoms with Crippen LogP contribution in [0.5, 0.6) is 0 Å². The van der Waals surface area contributed by atoms with Crippen LogP contribution in [0.15, 0.2) is 28.4 Å². The van der Waals surface area contributed by atoms with E-state index in [1.807, 2.05) is 17.2 Å². The van der Waals surface area contributed by atoms with Crippen molar-refractivity contribution >= 4 is 23.2 Å². The molecule has 0 radical (unpaired) electrons. The van der Waals surface area contributed by atoms with Crippen LogP contribution in [0.25, 0.3) is 0 Å². The Morgan fingerprint density at radius 1 is 1.37 bits per heavy atom. The van der Waals surface area contributed by atoms with Crippen LogP contribution >= 0.6 is 11.3 Å². The molecular formula is C19H23N3O4S. The molecular weight excluding hydrogens is 366 g/mol. The monoisotopic (exact) mass is 389 g/mol. The molecule has 3 heterocycles. The molecule has 4 atom stereocenters. The number of hydrogen-bond acceptors (Lipinski definition) is 6. The highest BCUT2D eigenvalue weighted by molar-refractivity contribution is 7.09. The van der Waals surface area contributed by atoms with Crippen molar-refractivity contribution in [1.82, 2.24) is 15.2 Å². The van der Waals surface area contributed by atoms with Crippen LogP contribution in [0.1, 0.15) is 33.9 Å². The number of nitrogens with zero attached hydrogens (tertiary/aromatic N) is 2. The Kier molecular flexibility index (Phi) is 5.01. The predicted octanol–water partition coefficient (Wildman–Crippen LogP) is 1.61. The molecule has 0 bridgehead atoms. The standard InChI is InChI=1S/C19H23N3O4S/c1-11-20-15(10-27-11)6-18(24)22-7-13-4-16(17(23)5-14(13)8-22)21-19(25)12-2-3-26-9-12/h2-3,9-10,13-14,16-17,23H,4-8H2,1H3,(H,21,25)/t13-,14+,16-,17-/m0/s1. The van der Waals surface area contributed by atoms with Gasteiger partial charge >= 0.3 is 0 Å². The number of nitrogens with one attached hydrogen (secondary N) is 1. The summed E-state index contributed by atoms with van der Waals surface area (Å²) in [6.07, 6.45) is 3.84. The number of thiazole rings is 1. The van der Waals surface area contributed by atoms with E-state index in [9.17, 15) is 14.7 Å². The molecule has 2 aromatic heterocycles. The second-order valence-electron chi connectivity index (χ2n) is 7.48. The van der Waals surface area contributed by atoms with Gasteiger partial charge in [-0.2, -0.15) is 0 Å². The van der Waals surface area contributed by atoms with Crippen LogP contribution in [-0.2, 0) is 11.2 Å². The number of amides is 2. The molecule has 2 N–H and O–H groups in total. The number of rotatable bonds is 4. The molecule has 27 heavy (non-hydrogen) atoms. The van der Waals surface area contributed by atoms with Crippen molar-refractivity contribution in [3.8, 4) is 0 Å². The van der Waals surface area contributed by atoms with Gasteiger partial charge in [0.15, 0.2) is 0 Å². The van der Waals surface area contributed by atoms with Gasteiger partial charge in [-0.1, -0.05) is 0 Å². The third-order valence-corrected chi connectivity index (χ3v) is 6.42. The fourth-order valence-corrected chi connectivity index (χ4v) is 4.80. The molecule has 2 aliphatic rings. The molecule has 0 unspecified atom stereocenters. The first-order chi connectivity index (χ1) is 13.0. The highest BCUT2D eigenvalue weighted by Crippen LogP contribution is 2.37. The minimum atomic E-state index is -0.599. The zero-order chi connectivity index (χ0) is 19.0. The van der Waals surface area contributed by atoms with E-state index in [0.29, 0.717) is 43.8 Å². The predicted molar refractivity (Wildman–Crippen MR) is 99.3 cm³/mol. The third kappa shape index (κ3) is 3.91. The summed E-state index contributed by atoms with van der Waals surface area (Å²) in [6.45, 7) is 3.28. The summed E-state index contributed by atoms with van der Waals surface area (Å²) < 4.78 is 4.94. The van der Waals surface area contributed by atoms with Gasteiger partial charge < -0.3 is 19.7 Å². The Labute approximate surface area is 161 Å². The van der Waals surface area contributed by atoms with Gasteiger partial charge in [-0.15, -0.1) is 11.3 Å². The van der Waals surface area contributed by atoms with Crippen molar-refractivity contribution in [3.05, 3.63) is 40.2 Å². The number of carbonyl (C=O) groups is 2. The number of fused-ring (bicyclic) bond motifs is 1. The maximum atomic E-state index is 12.6. The minimum absolute atomic E-state index is 0.0863. The molecule has 2 fully saturated rings. The largest absolute Gasteiger partial charge is 0.472 e. The Bertz CT molecular complexity index is 819. The van der Waals surface area contributed by atoms with E-state index in [2.05, 4.69) is 10.3 Å². The summed E-state index contributed by atoms with van der Waals surface area (Å²) >= 11 is 1.55. The zero-order valence-corrected chi connectivity index (χ0v) is 15.9. The third-order valence-electron chi connectivity index (χ3n) is 5.59. The van der Waals surface area contributed by atoms with Crippen LogP contribution < -0.4 is 5.32 Å². The summed E-state index contributed by atoms with van der Waals surface area (Å²) in [7, 11) is 0. The van der Waals surface area contributed by atoms with Crippen LogP contribution in [-0.4, -0.2) is 52.0 Å². The molecule has 1 saturated heterocycles. The van der Waals surface area contributed by atoms with Crippen LogP contribution in [0, 0.1) is 18.8 Å². The Hall–Kier alpha value is -2.19. The molecule has 0 aromatic carbocycles. The average Bonchev–Trinajstić information content (AvgIpc) is 3.36. The van der Waals surface area contributed by atoms with E-state index in [0.717, 1.165) is 10.7 Å². The van der Waals surface area contributed by atoms with E-state index < -0.39 is 6.10 Å². The summed E-state index contributed by atoms with van der Waals surface area (Å²) in [5.41, 5.74) is 1.27. The van der Waals surface area contributed by atoms with Gasteiger partial charge in [0.25, 0.3) is 5.91 Å². The van der Waals surface area contributed by atoms with Gasteiger partial charge in [0.1, 0.15) is 6.26 Å². The first-order valence-electron chi connectivity index (χ1n) is 9.19. The number of aliphatic hydroxyl groups excluding tert-OH is 1. The van der Waals surface area contributed by atoms with E-state index in [1.54, 1.807) is 17.4 Å². The fraction of sp³-hybridized carbons (Fsp3) is 0.526. The molecule has 144 valence electrons. The molecule has 8 heteroatoms. The number of carbonyl (C=O) groups excluding carboxylic acids is 2. The van der Waals surface area contributed by atoms with E-state index in [4.69, 9.17) is 4.42 Å². The van der Waals surface area contributed by atoms with Crippen molar-refractivity contribution in [2.24, 2.45) is 11.8 Å². The maximum absolute atomic E-state index is 12.6. The van der Waals surface area contributed by atoms with Gasteiger partial charge in [0, 0.05) is 18.5 Å². The quantitative estimate of drug-likeness (QED) is 0.828. The lowest BCUT2D eigenvalue weighted by Crippen LogP contribution is -2.49. The fourth-order valence-electron chi connectivity index (χ4n) is 4.19. The molecule has 1 saturated carbocycles. The number of aliphatic hydroxyl groups is 1. The van der Waals surface area contributed by atoms with Crippen LogP contribution in [0.4, 0.5) is 0 Å². The summed E-state index contributed by atoms with van der Waals surface area (Å²) in [5, 5.41) is 16.3. The topological polar surface area (TPSA) is 95.7 Å². The van der Waals surface area contributed by atoms with E-state index in [-0.39, 0.29) is 23.8 Å². The summed E-state index contributed by atoms with van der Waals surface area (Å²) in [6, 6.07) is 1.30. The van der Waals surface area contributed by atoms with Crippen molar-refractivity contribution in [3.63, 3.8) is 0 Å². The number of hydrogen-bond donors (Lipinski definition) is 2. The average molecular weight is 389 g/mol. The Morgan fingerprint density at radius 2 is 2.15 bits per heavy atom. The number of aryl methyl sites for hydroxylation is 1. The SMILES string of the molecule is Cc1nc(CC(=O)N2C[C@H]3C[C@H](O)[C@@H](NC(=O)c4ccoc4)C[C@H]3C2)cs1. The van der Waals surface area contributed by atoms with Crippen LogP contribution in [0.2, 0.25) is 0 Å². The van der Waals surface area contributed by atoms with Crippen molar-refractivity contribution in [1.29, 1.82) is 0 Å². The molecule has 7 nitrogen and oxygen atoms in total. The number of likely N-dealkylation sites (tertiary alicyclic amines) is 1. The maximum Gasteiger partial charge on any atom is 0.254 e. The van der Waals surface area contributed by atoms with Gasteiger partial charge in [0.05, 0.1) is 41.1 Å². The molecule has 1 aliphatic heterocycles. The van der Waals surface area contributed by atoms with E-state index in [1.165, 1.54) is 12.5 Å². The molecule has 1 aliphatic carbocycles. The molecule has 2 aromatic rings. The van der Waals surface area contributed by atoms with Crippen molar-refractivity contribution in [2.45, 2.75) is 38.3 Å². The Morgan fingerprint density at radius 3 is 2.81 bits per heavy atom. The lowest BCUT2D eigenvalue weighted by molar-refractivity contribution is -0.129. The molecule has 4 rings (SSSR count). The van der Waals surface area contributed by atoms with E-state index >= 15 is 0 Å². The first-order valence-corrected chi connectivity index (χ1v) is 10.1. The second kappa shape index (κ2) is 7.44. The lowest BCUT2D eigenvalue weighted by Gasteiger charge is -2.35. The number of aromatic nitrogens is 1. The molecule has 2 amide bonds. The van der Waals surface area contributed by atoms with Gasteiger partial charge in [-0.05, 0) is 37.7 Å². The van der Waals surface area contributed by atoms with Crippen LogP contribution in [0.3, 0.4) is 0 Å². The van der Waals surface area contributed by atoms with Gasteiger partial charge in [0.2, 0.25) is 5.91 Å². The molecule has 0 spiro atoms. The zero-order valence-electron chi connectivity index (χ0n) is 15.1. The smallest absolute Gasteiger partial charge is 0.254 e. The highest BCUT2D eigenvalue weighted by Gasteiger charge is 2.43. The number of furan rings is 1. The van der Waals surface area contributed by atoms with Gasteiger partial charge in [-0.3, -0.25) is 9.59 Å².